The van der Waals surface area contributed by atoms with Crippen LogP contribution in [0.3, 0.4) is 0 Å². The molecular weight excluding hydrogens is 272 g/mol. The highest BCUT2D eigenvalue weighted by atomic mass is 16.3. The Kier molecular flexibility index (Phi) is 3.68. The Balaban J connectivity index is 1.87. The van der Waals surface area contributed by atoms with Gasteiger partial charge in [-0.2, -0.15) is 0 Å². The summed E-state index contributed by atoms with van der Waals surface area (Å²) in [5.74, 6) is 0.259. The summed E-state index contributed by atoms with van der Waals surface area (Å²) in [6.07, 6.45) is 3.40. The van der Waals surface area contributed by atoms with Gasteiger partial charge in [-0.15, -0.1) is 0 Å². The maximum absolute atomic E-state index is 12.3. The molecule has 0 atom stereocenters. The Hall–Kier alpha value is -2.61. The number of carbonyl (C=O) groups excluding carboxylic acids is 1. The highest BCUT2D eigenvalue weighted by Crippen LogP contribution is 2.21. The van der Waals surface area contributed by atoms with Crippen molar-refractivity contribution in [3.8, 4) is 0 Å². The highest BCUT2D eigenvalue weighted by Gasteiger charge is 2.09. The van der Waals surface area contributed by atoms with Crippen LogP contribution in [-0.4, -0.2) is 5.78 Å². The van der Waals surface area contributed by atoms with Gasteiger partial charge in [0.1, 0.15) is 5.58 Å². The fourth-order valence-corrected chi connectivity index (χ4v) is 2.64. The quantitative estimate of drug-likeness (QED) is 0.487. The van der Waals surface area contributed by atoms with Gasteiger partial charge in [-0.1, -0.05) is 47.0 Å². The lowest BCUT2D eigenvalue weighted by molar-refractivity contribution is 0.102. The second-order valence-corrected chi connectivity index (χ2v) is 5.77. The Labute approximate surface area is 130 Å². The first kappa shape index (κ1) is 14.3. The van der Waals surface area contributed by atoms with Crippen LogP contribution in [0.4, 0.5) is 0 Å². The van der Waals surface area contributed by atoms with E-state index in [-0.39, 0.29) is 5.78 Å². The maximum atomic E-state index is 12.3. The minimum Gasteiger partial charge on any atom is -0.453 e. The zero-order valence-corrected chi connectivity index (χ0v) is 13.0. The lowest BCUT2D eigenvalue weighted by Crippen LogP contribution is -1.90. The van der Waals surface area contributed by atoms with Gasteiger partial charge in [0.15, 0.2) is 5.76 Å². The molecule has 0 N–H and O–H groups in total. The third-order valence-corrected chi connectivity index (χ3v) is 3.59. The van der Waals surface area contributed by atoms with Crippen molar-refractivity contribution in [1.82, 2.24) is 0 Å². The minimum atomic E-state index is -0.118. The molecule has 0 aliphatic heterocycles. The molecule has 110 valence electrons. The third kappa shape index (κ3) is 3.01. The van der Waals surface area contributed by atoms with Crippen LogP contribution >= 0.6 is 0 Å². The lowest BCUT2D eigenvalue weighted by Gasteiger charge is -1.99. The smallest absolute Gasteiger partial charge is 0.221 e. The van der Waals surface area contributed by atoms with E-state index in [1.807, 2.05) is 45.0 Å². The second kappa shape index (κ2) is 5.64. The predicted molar refractivity (Wildman–Crippen MR) is 90.2 cm³/mol. The molecule has 0 spiro atoms. The molecule has 0 bridgehead atoms. The number of fused-ring (bicyclic) bond motifs is 1. The van der Waals surface area contributed by atoms with Gasteiger partial charge >= 0.3 is 0 Å². The van der Waals surface area contributed by atoms with Crippen LogP contribution in [0.5, 0.6) is 0 Å². The van der Waals surface area contributed by atoms with Crippen LogP contribution in [0, 0.1) is 20.8 Å². The molecule has 2 aromatic carbocycles. The molecule has 0 aliphatic carbocycles. The van der Waals surface area contributed by atoms with Gasteiger partial charge in [0, 0.05) is 5.39 Å². The summed E-state index contributed by atoms with van der Waals surface area (Å²) in [5, 5.41) is 0.961. The number of hydrogen-bond donors (Lipinski definition) is 0. The van der Waals surface area contributed by atoms with Crippen molar-refractivity contribution in [3.05, 3.63) is 76.6 Å². The van der Waals surface area contributed by atoms with Crippen molar-refractivity contribution in [2.24, 2.45) is 0 Å². The standard InChI is InChI=1S/C20H18O2/c1-13-4-7-19-17(11-13)12-20(22-19)18(21)6-5-16-9-14(2)8-15(3)10-16/h4-12H,1-3H3. The molecule has 3 aromatic rings. The summed E-state index contributed by atoms with van der Waals surface area (Å²) in [4.78, 5) is 12.3. The van der Waals surface area contributed by atoms with E-state index in [0.717, 1.165) is 22.1 Å². The van der Waals surface area contributed by atoms with Crippen molar-refractivity contribution in [2.45, 2.75) is 20.8 Å². The SMILES string of the molecule is Cc1cc(C)cc(C=CC(=O)c2cc3cc(C)ccc3o2)c1. The van der Waals surface area contributed by atoms with Crippen LogP contribution in [0.15, 0.2) is 53.0 Å². The second-order valence-electron chi connectivity index (χ2n) is 5.77. The van der Waals surface area contributed by atoms with E-state index < -0.39 is 0 Å². The van der Waals surface area contributed by atoms with E-state index in [4.69, 9.17) is 4.42 Å². The highest BCUT2D eigenvalue weighted by molar-refractivity contribution is 6.07. The molecule has 2 heteroatoms. The minimum absolute atomic E-state index is 0.118. The zero-order valence-electron chi connectivity index (χ0n) is 13.0. The van der Waals surface area contributed by atoms with E-state index in [9.17, 15) is 4.79 Å². The summed E-state index contributed by atoms with van der Waals surface area (Å²) >= 11 is 0. The molecule has 0 saturated carbocycles. The first-order valence-electron chi connectivity index (χ1n) is 7.32. The van der Waals surface area contributed by atoms with Crippen LogP contribution in [0.25, 0.3) is 17.0 Å². The summed E-state index contributed by atoms with van der Waals surface area (Å²) in [7, 11) is 0. The van der Waals surface area contributed by atoms with E-state index in [1.54, 1.807) is 12.1 Å². The Morgan fingerprint density at radius 1 is 0.909 bits per heavy atom. The number of furan rings is 1. The van der Waals surface area contributed by atoms with Gasteiger partial charge in [0.05, 0.1) is 0 Å². The van der Waals surface area contributed by atoms with E-state index >= 15 is 0 Å². The Morgan fingerprint density at radius 2 is 1.64 bits per heavy atom. The lowest BCUT2D eigenvalue weighted by atomic mass is 10.1. The van der Waals surface area contributed by atoms with Gasteiger partial charge in [-0.05, 0) is 50.6 Å². The topological polar surface area (TPSA) is 30.2 Å². The zero-order chi connectivity index (χ0) is 15.7. The third-order valence-electron chi connectivity index (χ3n) is 3.59. The van der Waals surface area contributed by atoms with Crippen molar-refractivity contribution in [1.29, 1.82) is 0 Å². The van der Waals surface area contributed by atoms with Crippen LogP contribution in [0.1, 0.15) is 32.8 Å². The monoisotopic (exact) mass is 290 g/mol. The van der Waals surface area contributed by atoms with Gasteiger partial charge < -0.3 is 4.42 Å². The van der Waals surface area contributed by atoms with Crippen LogP contribution in [-0.2, 0) is 0 Å². The first-order chi connectivity index (χ1) is 10.5. The van der Waals surface area contributed by atoms with Crippen molar-refractivity contribution in [2.75, 3.05) is 0 Å². The van der Waals surface area contributed by atoms with Crippen LogP contribution in [0.2, 0.25) is 0 Å². The summed E-state index contributed by atoms with van der Waals surface area (Å²) in [6, 6.07) is 13.9. The molecule has 3 rings (SSSR count). The molecule has 2 nitrogen and oxygen atoms in total. The average molecular weight is 290 g/mol. The number of hydrogen-bond acceptors (Lipinski definition) is 2. The summed E-state index contributed by atoms with van der Waals surface area (Å²) in [6.45, 7) is 6.12. The predicted octanol–water partition coefficient (Wildman–Crippen LogP) is 5.25. The largest absolute Gasteiger partial charge is 0.453 e. The molecule has 22 heavy (non-hydrogen) atoms. The summed E-state index contributed by atoms with van der Waals surface area (Å²) in [5.41, 5.74) is 5.29. The summed E-state index contributed by atoms with van der Waals surface area (Å²) < 4.78 is 5.62. The maximum Gasteiger partial charge on any atom is 0.221 e. The fraction of sp³-hybridized carbons (Fsp3) is 0.150. The van der Waals surface area contributed by atoms with E-state index in [1.165, 1.54) is 11.1 Å². The Morgan fingerprint density at radius 3 is 2.36 bits per heavy atom. The van der Waals surface area contributed by atoms with Gasteiger partial charge in [0.2, 0.25) is 5.78 Å². The van der Waals surface area contributed by atoms with Crippen molar-refractivity contribution >= 4 is 22.8 Å². The average Bonchev–Trinajstić information content (AvgIpc) is 2.86. The van der Waals surface area contributed by atoms with Crippen molar-refractivity contribution in [3.63, 3.8) is 0 Å². The molecular formula is C20H18O2. The van der Waals surface area contributed by atoms with Gasteiger partial charge in [-0.3, -0.25) is 4.79 Å². The number of ketones is 1. The number of rotatable bonds is 3. The Bertz CT molecular complexity index is 862. The number of benzene rings is 2. The molecule has 0 saturated heterocycles. The van der Waals surface area contributed by atoms with Gasteiger partial charge in [-0.25, -0.2) is 0 Å². The number of carbonyl (C=O) groups is 1. The molecule has 0 fully saturated rings. The van der Waals surface area contributed by atoms with Crippen molar-refractivity contribution < 1.29 is 9.21 Å². The molecule has 0 amide bonds. The van der Waals surface area contributed by atoms with E-state index in [2.05, 4.69) is 18.2 Å². The normalized spacial score (nSPS) is 11.4. The first-order valence-corrected chi connectivity index (χ1v) is 7.32. The molecule has 1 aromatic heterocycles. The molecule has 0 aliphatic rings. The van der Waals surface area contributed by atoms with Crippen LogP contribution < -0.4 is 0 Å². The number of aryl methyl sites for hydroxylation is 3. The number of allylic oxidation sites excluding steroid dienone is 1. The fourth-order valence-electron chi connectivity index (χ4n) is 2.64. The molecule has 0 unspecified atom stereocenters. The molecule has 0 radical (unpaired) electrons. The molecule has 1 heterocycles. The van der Waals surface area contributed by atoms with Gasteiger partial charge in [0.25, 0.3) is 0 Å². The van der Waals surface area contributed by atoms with E-state index in [0.29, 0.717) is 5.76 Å².